The van der Waals surface area contributed by atoms with Crippen LogP contribution in [0.1, 0.15) is 0 Å². The molecule has 0 radical (unpaired) electrons. The third-order valence-electron chi connectivity index (χ3n) is 6.39. The third kappa shape index (κ3) is 3.93. The molecule has 1 fully saturated rings. The van der Waals surface area contributed by atoms with Gasteiger partial charge in [-0.15, -0.1) is 5.10 Å². The molecule has 1 aliphatic heterocycles. The van der Waals surface area contributed by atoms with E-state index >= 15 is 0 Å². The topological polar surface area (TPSA) is 93.4 Å². The number of piperazine rings is 1. The van der Waals surface area contributed by atoms with E-state index in [-0.39, 0.29) is 5.95 Å². The number of hydrogen-bond acceptors (Lipinski definition) is 7. The fourth-order valence-corrected chi connectivity index (χ4v) is 4.55. The molecule has 5 heterocycles. The molecule has 0 spiro atoms. The van der Waals surface area contributed by atoms with Gasteiger partial charge in [-0.25, -0.2) is 13.8 Å². The van der Waals surface area contributed by atoms with Crippen LogP contribution in [0, 0.1) is 11.6 Å². The Bertz CT molecular complexity index is 1500. The van der Waals surface area contributed by atoms with E-state index in [1.165, 1.54) is 12.1 Å². The Morgan fingerprint density at radius 2 is 1.77 bits per heavy atom. The van der Waals surface area contributed by atoms with Crippen molar-refractivity contribution in [1.29, 1.82) is 0 Å². The van der Waals surface area contributed by atoms with Gasteiger partial charge in [-0.1, -0.05) is 6.07 Å². The van der Waals surface area contributed by atoms with Gasteiger partial charge in [0.1, 0.15) is 23.0 Å². The van der Waals surface area contributed by atoms with Gasteiger partial charge < -0.3 is 15.2 Å². The standard InChI is InChI=1S/C24H23F2N9/c25-16-4-5-20(18(26)15-16)33-12-9-32(10-13-33)11-14-34-8-6-17-22(34)30-24(27)35-23(17)29-21(31-35)19-3-1-2-7-28-19/h1-8,15H,9-14H2,(H2,27,30). The molecule has 0 amide bonds. The highest BCUT2D eigenvalue weighted by atomic mass is 19.1. The average molecular weight is 476 g/mol. The molecule has 0 atom stereocenters. The second kappa shape index (κ2) is 8.58. The number of aromatic nitrogens is 6. The predicted molar refractivity (Wildman–Crippen MR) is 129 cm³/mol. The van der Waals surface area contributed by atoms with Gasteiger partial charge in [-0.3, -0.25) is 9.88 Å². The molecule has 0 bridgehead atoms. The number of anilines is 2. The van der Waals surface area contributed by atoms with E-state index in [0.29, 0.717) is 35.9 Å². The number of benzene rings is 1. The van der Waals surface area contributed by atoms with Crippen molar-refractivity contribution >= 4 is 28.3 Å². The first kappa shape index (κ1) is 21.4. The zero-order chi connectivity index (χ0) is 23.9. The normalized spacial score (nSPS) is 14.9. The maximum absolute atomic E-state index is 14.1. The van der Waals surface area contributed by atoms with E-state index in [4.69, 9.17) is 5.73 Å². The zero-order valence-electron chi connectivity index (χ0n) is 18.8. The first-order valence-electron chi connectivity index (χ1n) is 11.4. The van der Waals surface area contributed by atoms with E-state index in [1.54, 1.807) is 10.7 Å². The average Bonchev–Trinajstić information content (AvgIpc) is 3.49. The van der Waals surface area contributed by atoms with Gasteiger partial charge in [0.15, 0.2) is 5.65 Å². The molecule has 11 heteroatoms. The largest absolute Gasteiger partial charge is 0.368 e. The van der Waals surface area contributed by atoms with Crippen LogP contribution in [0.4, 0.5) is 20.4 Å². The highest BCUT2D eigenvalue weighted by Crippen LogP contribution is 2.24. The third-order valence-corrected chi connectivity index (χ3v) is 6.39. The molecule has 1 aliphatic rings. The van der Waals surface area contributed by atoms with Gasteiger partial charge >= 0.3 is 0 Å². The summed E-state index contributed by atoms with van der Waals surface area (Å²) in [6.07, 6.45) is 3.68. The van der Waals surface area contributed by atoms with Crippen molar-refractivity contribution in [3.63, 3.8) is 0 Å². The number of pyridine rings is 1. The van der Waals surface area contributed by atoms with Gasteiger partial charge in [-0.05, 0) is 30.3 Å². The highest BCUT2D eigenvalue weighted by molar-refractivity contribution is 5.91. The summed E-state index contributed by atoms with van der Waals surface area (Å²) in [7, 11) is 0. The van der Waals surface area contributed by atoms with Gasteiger partial charge in [-0.2, -0.15) is 9.50 Å². The van der Waals surface area contributed by atoms with E-state index < -0.39 is 11.6 Å². The Morgan fingerprint density at radius 3 is 2.54 bits per heavy atom. The second-order valence-corrected chi connectivity index (χ2v) is 8.53. The van der Waals surface area contributed by atoms with Gasteiger partial charge in [0.2, 0.25) is 11.8 Å². The maximum atomic E-state index is 14.1. The lowest BCUT2D eigenvalue weighted by molar-refractivity contribution is 0.248. The molecular formula is C24H23F2N9. The smallest absolute Gasteiger partial charge is 0.225 e. The number of nitrogens with zero attached hydrogens (tertiary/aromatic N) is 8. The van der Waals surface area contributed by atoms with Gasteiger partial charge in [0.05, 0.1) is 11.1 Å². The summed E-state index contributed by atoms with van der Waals surface area (Å²) in [4.78, 5) is 17.9. The molecule has 178 valence electrons. The van der Waals surface area contributed by atoms with E-state index in [0.717, 1.165) is 43.3 Å². The molecule has 35 heavy (non-hydrogen) atoms. The maximum Gasteiger partial charge on any atom is 0.225 e. The molecule has 0 unspecified atom stereocenters. The Labute approximate surface area is 199 Å². The fraction of sp³-hybridized carbons (Fsp3) is 0.250. The predicted octanol–water partition coefficient (Wildman–Crippen LogP) is 2.82. The molecule has 0 saturated carbocycles. The number of rotatable bonds is 5. The first-order chi connectivity index (χ1) is 17.1. The molecule has 0 aliphatic carbocycles. The monoisotopic (exact) mass is 475 g/mol. The lowest BCUT2D eigenvalue weighted by Crippen LogP contribution is -2.47. The minimum absolute atomic E-state index is 0.261. The number of halogens is 2. The number of nitrogen functional groups attached to an aromatic ring is 1. The number of nitrogens with two attached hydrogens (primary N) is 1. The summed E-state index contributed by atoms with van der Waals surface area (Å²) in [6, 6.07) is 11.3. The van der Waals surface area contributed by atoms with Crippen molar-refractivity contribution in [2.24, 2.45) is 0 Å². The Balaban J connectivity index is 1.17. The number of fused-ring (bicyclic) bond motifs is 3. The fourth-order valence-electron chi connectivity index (χ4n) is 4.55. The molecule has 4 aromatic heterocycles. The molecule has 5 aromatic rings. The van der Waals surface area contributed by atoms with Crippen LogP contribution in [0.2, 0.25) is 0 Å². The summed E-state index contributed by atoms with van der Waals surface area (Å²) < 4.78 is 31.0. The van der Waals surface area contributed by atoms with Crippen LogP contribution < -0.4 is 10.6 Å². The Morgan fingerprint density at radius 1 is 0.914 bits per heavy atom. The summed E-state index contributed by atoms with van der Waals surface area (Å²) in [5.74, 6) is -0.326. The summed E-state index contributed by atoms with van der Waals surface area (Å²) >= 11 is 0. The van der Waals surface area contributed by atoms with E-state index in [1.807, 2.05) is 35.4 Å². The number of hydrogen-bond donors (Lipinski definition) is 1. The van der Waals surface area contributed by atoms with Crippen LogP contribution >= 0.6 is 0 Å². The summed E-state index contributed by atoms with van der Waals surface area (Å²) in [5, 5.41) is 5.36. The summed E-state index contributed by atoms with van der Waals surface area (Å²) in [5.41, 5.74) is 8.73. The molecule has 1 aromatic carbocycles. The van der Waals surface area contributed by atoms with Crippen LogP contribution in [-0.2, 0) is 6.54 Å². The Kier molecular flexibility index (Phi) is 5.25. The van der Waals surface area contributed by atoms with Crippen LogP contribution in [0.5, 0.6) is 0 Å². The van der Waals surface area contributed by atoms with Gasteiger partial charge in [0.25, 0.3) is 0 Å². The van der Waals surface area contributed by atoms with Crippen molar-refractivity contribution in [3.8, 4) is 11.5 Å². The first-order valence-corrected chi connectivity index (χ1v) is 11.4. The van der Waals surface area contributed by atoms with E-state index in [9.17, 15) is 8.78 Å². The molecule has 1 saturated heterocycles. The van der Waals surface area contributed by atoms with Crippen molar-refractivity contribution < 1.29 is 8.78 Å². The van der Waals surface area contributed by atoms with Crippen molar-refractivity contribution in [1.82, 2.24) is 34.0 Å². The van der Waals surface area contributed by atoms with Crippen molar-refractivity contribution in [3.05, 3.63) is 66.5 Å². The van der Waals surface area contributed by atoms with Crippen molar-refractivity contribution in [2.75, 3.05) is 43.4 Å². The second-order valence-electron chi connectivity index (χ2n) is 8.53. The quantitative estimate of drug-likeness (QED) is 0.418. The Hall–Kier alpha value is -4.12. The van der Waals surface area contributed by atoms with Crippen LogP contribution in [0.15, 0.2) is 54.9 Å². The molecule has 9 nitrogen and oxygen atoms in total. The lowest BCUT2D eigenvalue weighted by atomic mass is 10.2. The minimum Gasteiger partial charge on any atom is -0.368 e. The highest BCUT2D eigenvalue weighted by Gasteiger charge is 2.21. The molecule has 6 rings (SSSR count). The molecular weight excluding hydrogens is 452 g/mol. The van der Waals surface area contributed by atoms with Crippen molar-refractivity contribution in [2.45, 2.75) is 6.54 Å². The zero-order valence-corrected chi connectivity index (χ0v) is 18.8. The molecule has 2 N–H and O–H groups in total. The van der Waals surface area contributed by atoms with Crippen LogP contribution in [0.25, 0.3) is 28.2 Å². The lowest BCUT2D eigenvalue weighted by Gasteiger charge is -2.36. The van der Waals surface area contributed by atoms with Crippen LogP contribution in [-0.4, -0.2) is 66.8 Å². The van der Waals surface area contributed by atoms with Crippen LogP contribution in [0.3, 0.4) is 0 Å². The van der Waals surface area contributed by atoms with E-state index in [2.05, 4.69) is 29.5 Å². The summed E-state index contributed by atoms with van der Waals surface area (Å²) in [6.45, 7) is 4.45. The van der Waals surface area contributed by atoms with Gasteiger partial charge in [0, 0.05) is 57.7 Å². The SMILES string of the molecule is Nc1nc2c(ccn2CCN2CCN(c3ccc(F)cc3F)CC2)c2nc(-c3ccccn3)nn12. The minimum atomic E-state index is -0.561.